The van der Waals surface area contributed by atoms with Crippen LogP contribution in [0.5, 0.6) is 5.75 Å². The Morgan fingerprint density at radius 3 is 2.90 bits per heavy atom. The van der Waals surface area contributed by atoms with Gasteiger partial charge in [-0.2, -0.15) is 0 Å². The number of carbonyl (C=O) groups is 1. The third-order valence-electron chi connectivity index (χ3n) is 3.77. The average Bonchev–Trinajstić information content (AvgIpc) is 2.94. The Bertz CT molecular complexity index is 603. The van der Waals surface area contributed by atoms with Crippen molar-refractivity contribution in [1.82, 2.24) is 5.32 Å². The molecule has 20 heavy (non-hydrogen) atoms. The zero-order valence-electron chi connectivity index (χ0n) is 11.1. The molecule has 1 aliphatic rings. The standard InChI is InChI=1S/C16H17NO2S/c18-12-6-4-11(5-7-12)10-17-16(19)14-2-1-3-15-13(14)8-9-20-15/h4-9,14,18H,1-3,10H2,(H,17,19). The van der Waals surface area contributed by atoms with E-state index in [2.05, 4.69) is 16.8 Å². The van der Waals surface area contributed by atoms with Crippen LogP contribution in [0.2, 0.25) is 0 Å². The minimum atomic E-state index is 0.00196. The number of rotatable bonds is 3. The fourth-order valence-electron chi connectivity index (χ4n) is 2.68. The van der Waals surface area contributed by atoms with Gasteiger partial charge in [0, 0.05) is 11.4 Å². The molecule has 1 heterocycles. The maximum Gasteiger partial charge on any atom is 0.227 e. The molecule has 1 amide bonds. The van der Waals surface area contributed by atoms with Crippen LogP contribution in [0.25, 0.3) is 0 Å². The molecule has 1 unspecified atom stereocenters. The summed E-state index contributed by atoms with van der Waals surface area (Å²) in [5, 5.41) is 14.3. The first-order chi connectivity index (χ1) is 9.74. The van der Waals surface area contributed by atoms with Crippen LogP contribution in [-0.2, 0) is 17.8 Å². The summed E-state index contributed by atoms with van der Waals surface area (Å²) in [6.45, 7) is 0.509. The molecule has 0 bridgehead atoms. The van der Waals surface area contributed by atoms with Crippen molar-refractivity contribution in [1.29, 1.82) is 0 Å². The van der Waals surface area contributed by atoms with Crippen LogP contribution >= 0.6 is 11.3 Å². The third kappa shape index (κ3) is 2.70. The molecule has 3 nitrogen and oxygen atoms in total. The predicted molar refractivity (Wildman–Crippen MR) is 80.0 cm³/mol. The fraction of sp³-hybridized carbons (Fsp3) is 0.312. The van der Waals surface area contributed by atoms with E-state index in [4.69, 9.17) is 0 Å². The molecule has 1 atom stereocenters. The van der Waals surface area contributed by atoms with Gasteiger partial charge >= 0.3 is 0 Å². The van der Waals surface area contributed by atoms with E-state index in [1.165, 1.54) is 10.4 Å². The van der Waals surface area contributed by atoms with Crippen molar-refractivity contribution in [2.24, 2.45) is 0 Å². The molecule has 2 N–H and O–H groups in total. The van der Waals surface area contributed by atoms with Gasteiger partial charge in [0.05, 0.1) is 5.92 Å². The second-order valence-electron chi connectivity index (χ2n) is 5.13. The lowest BCUT2D eigenvalue weighted by atomic mass is 9.87. The molecule has 104 valence electrons. The summed E-state index contributed by atoms with van der Waals surface area (Å²) in [6, 6.07) is 9.02. The van der Waals surface area contributed by atoms with E-state index < -0.39 is 0 Å². The van der Waals surface area contributed by atoms with E-state index in [1.807, 2.05) is 12.1 Å². The fourth-order valence-corrected chi connectivity index (χ4v) is 3.67. The summed E-state index contributed by atoms with van der Waals surface area (Å²) >= 11 is 1.75. The summed E-state index contributed by atoms with van der Waals surface area (Å²) in [4.78, 5) is 13.7. The maximum atomic E-state index is 12.3. The van der Waals surface area contributed by atoms with Crippen molar-refractivity contribution in [3.63, 3.8) is 0 Å². The summed E-state index contributed by atoms with van der Waals surface area (Å²) in [5.41, 5.74) is 2.21. The highest BCUT2D eigenvalue weighted by molar-refractivity contribution is 7.10. The van der Waals surface area contributed by atoms with Crippen molar-refractivity contribution in [3.8, 4) is 5.75 Å². The van der Waals surface area contributed by atoms with Crippen molar-refractivity contribution < 1.29 is 9.90 Å². The lowest BCUT2D eigenvalue weighted by Gasteiger charge is -2.21. The monoisotopic (exact) mass is 287 g/mol. The Kier molecular flexibility index (Phi) is 3.74. The highest BCUT2D eigenvalue weighted by atomic mass is 32.1. The number of nitrogens with one attached hydrogen (secondary N) is 1. The molecule has 0 aliphatic heterocycles. The van der Waals surface area contributed by atoms with E-state index in [0.717, 1.165) is 24.8 Å². The van der Waals surface area contributed by atoms with Crippen LogP contribution < -0.4 is 5.32 Å². The van der Waals surface area contributed by atoms with Gasteiger partial charge < -0.3 is 10.4 Å². The van der Waals surface area contributed by atoms with Gasteiger partial charge in [0.1, 0.15) is 5.75 Å². The number of hydrogen-bond donors (Lipinski definition) is 2. The molecule has 0 spiro atoms. The quantitative estimate of drug-likeness (QED) is 0.911. The summed E-state index contributed by atoms with van der Waals surface area (Å²) in [7, 11) is 0. The summed E-state index contributed by atoms with van der Waals surface area (Å²) in [5.74, 6) is 0.356. The van der Waals surface area contributed by atoms with E-state index >= 15 is 0 Å². The van der Waals surface area contributed by atoms with Crippen LogP contribution in [-0.4, -0.2) is 11.0 Å². The van der Waals surface area contributed by atoms with Crippen LogP contribution in [0.1, 0.15) is 34.8 Å². The minimum absolute atomic E-state index is 0.00196. The van der Waals surface area contributed by atoms with Crippen molar-refractivity contribution in [2.45, 2.75) is 31.7 Å². The number of carbonyl (C=O) groups excluding carboxylic acids is 1. The van der Waals surface area contributed by atoms with Gasteiger partial charge in [0.25, 0.3) is 0 Å². The first-order valence-corrected chi connectivity index (χ1v) is 7.74. The van der Waals surface area contributed by atoms with Crippen LogP contribution in [0.15, 0.2) is 35.7 Å². The Morgan fingerprint density at radius 1 is 1.30 bits per heavy atom. The number of aromatic hydroxyl groups is 1. The third-order valence-corrected chi connectivity index (χ3v) is 4.77. The first kappa shape index (κ1) is 13.2. The number of hydrogen-bond acceptors (Lipinski definition) is 3. The van der Waals surface area contributed by atoms with E-state index in [0.29, 0.717) is 6.54 Å². The lowest BCUT2D eigenvalue weighted by molar-refractivity contribution is -0.123. The molecular formula is C16H17NO2S. The van der Waals surface area contributed by atoms with Gasteiger partial charge in [0.15, 0.2) is 0 Å². The number of thiophene rings is 1. The second-order valence-corrected chi connectivity index (χ2v) is 6.13. The highest BCUT2D eigenvalue weighted by Gasteiger charge is 2.26. The zero-order chi connectivity index (χ0) is 13.9. The Hall–Kier alpha value is -1.81. The number of benzene rings is 1. The van der Waals surface area contributed by atoms with Crippen LogP contribution in [0, 0.1) is 0 Å². The van der Waals surface area contributed by atoms with Gasteiger partial charge in [0.2, 0.25) is 5.91 Å². The summed E-state index contributed by atoms with van der Waals surface area (Å²) < 4.78 is 0. The Balaban J connectivity index is 1.64. The second kappa shape index (κ2) is 5.67. The smallest absolute Gasteiger partial charge is 0.227 e. The highest BCUT2D eigenvalue weighted by Crippen LogP contribution is 2.35. The van der Waals surface area contributed by atoms with Crippen molar-refractivity contribution in [2.75, 3.05) is 0 Å². The molecule has 1 aromatic carbocycles. The molecule has 0 saturated heterocycles. The van der Waals surface area contributed by atoms with E-state index in [1.54, 1.807) is 23.5 Å². The molecular weight excluding hydrogens is 270 g/mol. The number of phenolic OH excluding ortho intramolecular Hbond substituents is 1. The molecule has 0 radical (unpaired) electrons. The molecule has 2 aromatic rings. The van der Waals surface area contributed by atoms with Gasteiger partial charge in [-0.05, 0) is 54.0 Å². The van der Waals surface area contributed by atoms with Gasteiger partial charge in [-0.25, -0.2) is 0 Å². The van der Waals surface area contributed by atoms with E-state index in [9.17, 15) is 9.90 Å². The van der Waals surface area contributed by atoms with E-state index in [-0.39, 0.29) is 17.6 Å². The average molecular weight is 287 g/mol. The lowest BCUT2D eigenvalue weighted by Crippen LogP contribution is -2.30. The Morgan fingerprint density at radius 2 is 2.10 bits per heavy atom. The zero-order valence-corrected chi connectivity index (χ0v) is 12.0. The van der Waals surface area contributed by atoms with Crippen LogP contribution in [0.4, 0.5) is 0 Å². The normalized spacial score (nSPS) is 17.5. The molecule has 0 fully saturated rings. The van der Waals surface area contributed by atoms with Gasteiger partial charge in [-0.3, -0.25) is 4.79 Å². The molecule has 1 aliphatic carbocycles. The summed E-state index contributed by atoms with van der Waals surface area (Å²) in [6.07, 6.45) is 3.13. The number of phenols is 1. The number of aryl methyl sites for hydroxylation is 1. The maximum absolute atomic E-state index is 12.3. The Labute approximate surface area is 122 Å². The molecule has 3 rings (SSSR count). The predicted octanol–water partition coefficient (Wildman–Crippen LogP) is 3.19. The first-order valence-electron chi connectivity index (χ1n) is 6.86. The number of fused-ring (bicyclic) bond motifs is 1. The van der Waals surface area contributed by atoms with Gasteiger partial charge in [-0.1, -0.05) is 12.1 Å². The molecule has 1 aromatic heterocycles. The van der Waals surface area contributed by atoms with Crippen molar-refractivity contribution >= 4 is 17.2 Å². The van der Waals surface area contributed by atoms with Crippen LogP contribution in [0.3, 0.4) is 0 Å². The number of amides is 1. The largest absolute Gasteiger partial charge is 0.508 e. The van der Waals surface area contributed by atoms with Gasteiger partial charge in [-0.15, -0.1) is 11.3 Å². The minimum Gasteiger partial charge on any atom is -0.508 e. The molecule has 0 saturated carbocycles. The molecule has 4 heteroatoms. The topological polar surface area (TPSA) is 49.3 Å². The van der Waals surface area contributed by atoms with Crippen molar-refractivity contribution in [3.05, 3.63) is 51.7 Å². The SMILES string of the molecule is O=C(NCc1ccc(O)cc1)C1CCCc2sccc21.